The van der Waals surface area contributed by atoms with Crippen LogP contribution in [0.15, 0.2) is 72.8 Å². The molecular formula is C28H30F3N3O3. The summed E-state index contributed by atoms with van der Waals surface area (Å²) in [6, 6.07) is 18.2. The highest BCUT2D eigenvalue weighted by Gasteiger charge is 2.31. The minimum atomic E-state index is -4.58. The molecular weight excluding hydrogens is 483 g/mol. The number of amides is 2. The third-order valence-corrected chi connectivity index (χ3v) is 5.91. The van der Waals surface area contributed by atoms with E-state index in [0.29, 0.717) is 12.1 Å². The molecule has 0 saturated heterocycles. The van der Waals surface area contributed by atoms with Gasteiger partial charge in [0.2, 0.25) is 5.91 Å². The monoisotopic (exact) mass is 513 g/mol. The van der Waals surface area contributed by atoms with Crippen LogP contribution in [-0.2, 0) is 17.5 Å². The van der Waals surface area contributed by atoms with Gasteiger partial charge in [-0.2, -0.15) is 13.2 Å². The second-order valence-corrected chi connectivity index (χ2v) is 8.85. The van der Waals surface area contributed by atoms with Crippen molar-refractivity contribution in [1.29, 1.82) is 0 Å². The molecule has 0 aliphatic heterocycles. The van der Waals surface area contributed by atoms with Gasteiger partial charge in [0.05, 0.1) is 18.2 Å². The molecule has 3 aromatic rings. The number of aryl methyl sites for hydroxylation is 2. The quantitative estimate of drug-likeness (QED) is 0.329. The van der Waals surface area contributed by atoms with E-state index in [-0.39, 0.29) is 12.1 Å². The van der Waals surface area contributed by atoms with E-state index < -0.39 is 42.2 Å². The smallest absolute Gasteiger partial charge is 0.386 e. The van der Waals surface area contributed by atoms with Gasteiger partial charge in [0.15, 0.2) is 0 Å². The van der Waals surface area contributed by atoms with Crippen molar-refractivity contribution in [1.82, 2.24) is 16.0 Å². The van der Waals surface area contributed by atoms with Crippen molar-refractivity contribution >= 4 is 11.8 Å². The van der Waals surface area contributed by atoms with Gasteiger partial charge in [-0.1, -0.05) is 60.2 Å². The molecule has 196 valence electrons. The van der Waals surface area contributed by atoms with Crippen LogP contribution in [-0.4, -0.2) is 36.1 Å². The zero-order chi connectivity index (χ0) is 27.0. The summed E-state index contributed by atoms with van der Waals surface area (Å²) in [4.78, 5) is 25.0. The van der Waals surface area contributed by atoms with Gasteiger partial charge in [-0.05, 0) is 48.7 Å². The average molecular weight is 514 g/mol. The van der Waals surface area contributed by atoms with E-state index in [9.17, 15) is 27.9 Å². The Kier molecular flexibility index (Phi) is 9.43. The molecule has 3 aromatic carbocycles. The Morgan fingerprint density at radius 3 is 2.35 bits per heavy atom. The number of carbonyl (C=O) groups is 2. The van der Waals surface area contributed by atoms with Gasteiger partial charge in [-0.25, -0.2) is 0 Å². The normalized spacial score (nSPS) is 13.0. The predicted molar refractivity (Wildman–Crippen MR) is 135 cm³/mol. The van der Waals surface area contributed by atoms with Crippen molar-refractivity contribution in [2.24, 2.45) is 0 Å². The van der Waals surface area contributed by atoms with E-state index >= 15 is 0 Å². The van der Waals surface area contributed by atoms with Gasteiger partial charge in [0, 0.05) is 18.7 Å². The van der Waals surface area contributed by atoms with E-state index in [2.05, 4.69) is 22.0 Å². The largest absolute Gasteiger partial charge is 0.416 e. The number of rotatable bonds is 10. The van der Waals surface area contributed by atoms with Crippen LogP contribution in [0, 0.1) is 13.8 Å². The summed E-state index contributed by atoms with van der Waals surface area (Å²) in [5, 5.41) is 19.2. The number of carbonyl (C=O) groups excluding carboxylic acids is 2. The van der Waals surface area contributed by atoms with Crippen LogP contribution in [0.25, 0.3) is 0 Å². The molecule has 0 unspecified atom stereocenters. The maximum atomic E-state index is 12.9. The number of nitrogens with one attached hydrogen (secondary N) is 3. The zero-order valence-electron chi connectivity index (χ0n) is 20.6. The van der Waals surface area contributed by atoms with Gasteiger partial charge < -0.3 is 21.1 Å². The molecule has 0 fully saturated rings. The van der Waals surface area contributed by atoms with Crippen molar-refractivity contribution in [2.45, 2.75) is 38.7 Å². The van der Waals surface area contributed by atoms with Crippen molar-refractivity contribution in [2.75, 3.05) is 13.1 Å². The van der Waals surface area contributed by atoms with Gasteiger partial charge in [0.25, 0.3) is 5.91 Å². The molecule has 0 saturated carbocycles. The summed E-state index contributed by atoms with van der Waals surface area (Å²) < 4.78 is 38.8. The fraction of sp³-hybridized carbons (Fsp3) is 0.286. The second kappa shape index (κ2) is 12.5. The third kappa shape index (κ3) is 8.16. The van der Waals surface area contributed by atoms with Crippen LogP contribution in [0.1, 0.15) is 44.3 Å². The van der Waals surface area contributed by atoms with Crippen LogP contribution in [0.5, 0.6) is 0 Å². The molecule has 2 atom stereocenters. The lowest BCUT2D eigenvalue weighted by molar-refractivity contribution is -0.137. The van der Waals surface area contributed by atoms with E-state index in [1.165, 1.54) is 6.07 Å². The number of benzene rings is 3. The SMILES string of the molecule is Cc1ccc(CNC[C@H](NC(=O)CNC(=O)c2cccc(C(F)(F)F)c2)[C@@H](O)c2ccccc2)c(C)c1. The third-order valence-electron chi connectivity index (χ3n) is 5.91. The highest BCUT2D eigenvalue weighted by molar-refractivity contribution is 5.96. The van der Waals surface area contributed by atoms with Gasteiger partial charge in [-0.15, -0.1) is 0 Å². The number of aliphatic hydroxyl groups excluding tert-OH is 1. The van der Waals surface area contributed by atoms with Crippen LogP contribution in [0.2, 0.25) is 0 Å². The number of alkyl halides is 3. The van der Waals surface area contributed by atoms with Gasteiger partial charge >= 0.3 is 6.18 Å². The Morgan fingerprint density at radius 2 is 1.68 bits per heavy atom. The zero-order valence-corrected chi connectivity index (χ0v) is 20.6. The maximum absolute atomic E-state index is 12.9. The fourth-order valence-electron chi connectivity index (χ4n) is 3.89. The minimum Gasteiger partial charge on any atom is -0.386 e. The number of aliphatic hydroxyl groups is 1. The molecule has 37 heavy (non-hydrogen) atoms. The Balaban J connectivity index is 1.63. The molecule has 0 aliphatic carbocycles. The Hall–Kier alpha value is -3.69. The lowest BCUT2D eigenvalue weighted by atomic mass is 10.0. The number of hydrogen-bond acceptors (Lipinski definition) is 4. The molecule has 0 aliphatic rings. The molecule has 6 nitrogen and oxygen atoms in total. The second-order valence-electron chi connectivity index (χ2n) is 8.85. The first-order valence-electron chi connectivity index (χ1n) is 11.8. The lowest BCUT2D eigenvalue weighted by Gasteiger charge is -2.25. The first-order chi connectivity index (χ1) is 17.5. The van der Waals surface area contributed by atoms with Crippen molar-refractivity contribution in [3.8, 4) is 0 Å². The number of hydrogen-bond donors (Lipinski definition) is 4. The maximum Gasteiger partial charge on any atom is 0.416 e. The molecule has 3 rings (SSSR count). The van der Waals surface area contributed by atoms with Crippen LogP contribution in [0.4, 0.5) is 13.2 Å². The molecule has 0 heterocycles. The summed E-state index contributed by atoms with van der Waals surface area (Å²) in [7, 11) is 0. The summed E-state index contributed by atoms with van der Waals surface area (Å²) >= 11 is 0. The topological polar surface area (TPSA) is 90.5 Å². The summed E-state index contributed by atoms with van der Waals surface area (Å²) in [6.45, 7) is 4.31. The highest BCUT2D eigenvalue weighted by atomic mass is 19.4. The first kappa shape index (κ1) is 27.9. The Bertz CT molecular complexity index is 1220. The van der Waals surface area contributed by atoms with E-state index in [0.717, 1.165) is 34.9 Å². The lowest BCUT2D eigenvalue weighted by Crippen LogP contribution is -2.49. The predicted octanol–water partition coefficient (Wildman–Crippen LogP) is 4.06. The Morgan fingerprint density at radius 1 is 0.946 bits per heavy atom. The van der Waals surface area contributed by atoms with Crippen molar-refractivity contribution in [3.05, 3.63) is 106 Å². The molecule has 0 radical (unpaired) electrons. The standard InChI is InChI=1S/C28H30F3N3O3/c1-18-11-12-22(19(2)13-18)15-32-16-24(26(36)20-7-4-3-5-8-20)34-25(35)17-33-27(37)21-9-6-10-23(14-21)28(29,30)31/h3-14,24,26,32,36H,15-17H2,1-2H3,(H,33,37)(H,34,35)/t24-,26-/m0/s1. The molecule has 0 spiro atoms. The average Bonchev–Trinajstić information content (AvgIpc) is 2.87. The van der Waals surface area contributed by atoms with Crippen molar-refractivity contribution in [3.63, 3.8) is 0 Å². The molecule has 9 heteroatoms. The molecule has 2 amide bonds. The van der Waals surface area contributed by atoms with Gasteiger partial charge in [0.1, 0.15) is 6.10 Å². The molecule has 4 N–H and O–H groups in total. The van der Waals surface area contributed by atoms with Crippen LogP contribution >= 0.6 is 0 Å². The van der Waals surface area contributed by atoms with Crippen molar-refractivity contribution < 1.29 is 27.9 Å². The number of halogens is 3. The van der Waals surface area contributed by atoms with E-state index in [4.69, 9.17) is 0 Å². The molecule has 0 bridgehead atoms. The minimum absolute atomic E-state index is 0.210. The van der Waals surface area contributed by atoms with Crippen LogP contribution in [0.3, 0.4) is 0 Å². The fourth-order valence-corrected chi connectivity index (χ4v) is 3.89. The highest BCUT2D eigenvalue weighted by Crippen LogP contribution is 2.29. The first-order valence-corrected chi connectivity index (χ1v) is 11.8. The summed E-state index contributed by atoms with van der Waals surface area (Å²) in [5.74, 6) is -1.40. The van der Waals surface area contributed by atoms with E-state index in [1.807, 2.05) is 32.0 Å². The summed E-state index contributed by atoms with van der Waals surface area (Å²) in [5.41, 5.74) is 2.79. The van der Waals surface area contributed by atoms with Gasteiger partial charge in [-0.3, -0.25) is 9.59 Å². The molecule has 0 aromatic heterocycles. The summed E-state index contributed by atoms with van der Waals surface area (Å²) in [6.07, 6.45) is -5.62. The van der Waals surface area contributed by atoms with Crippen LogP contribution < -0.4 is 16.0 Å². The van der Waals surface area contributed by atoms with E-state index in [1.54, 1.807) is 24.3 Å². The Labute approximate surface area is 213 Å².